The van der Waals surface area contributed by atoms with Crippen LogP contribution in [0.3, 0.4) is 0 Å². The summed E-state index contributed by atoms with van der Waals surface area (Å²) in [6.07, 6.45) is 0. The van der Waals surface area contributed by atoms with Crippen LogP contribution in [-0.2, 0) is 10.1 Å². The molecular formula is C14H11O3RbS. The molecule has 3 rings (SSSR count). The van der Waals surface area contributed by atoms with Gasteiger partial charge in [0.15, 0.2) is 0 Å². The molecule has 3 nitrogen and oxygen atoms in total. The molecule has 0 fully saturated rings. The summed E-state index contributed by atoms with van der Waals surface area (Å²) in [5.41, 5.74) is 0. The maximum atomic E-state index is 11.3. The average Bonchev–Trinajstić information content (AvgIpc) is 2.36. The summed E-state index contributed by atoms with van der Waals surface area (Å²) in [7, 11) is -4.20. The van der Waals surface area contributed by atoms with E-state index in [1.807, 2.05) is 36.4 Å². The predicted molar refractivity (Wildman–Crippen MR) is 72.4 cm³/mol. The number of hydrogen-bond acceptors (Lipinski definition) is 2. The molecule has 19 heavy (non-hydrogen) atoms. The number of hydrogen-bond donors (Lipinski definition) is 1. The molecule has 0 bridgehead atoms. The molecule has 0 radical (unpaired) electrons. The van der Waals surface area contributed by atoms with Crippen molar-refractivity contribution in [1.29, 1.82) is 0 Å². The molecule has 0 saturated carbocycles. The van der Waals surface area contributed by atoms with Crippen LogP contribution in [0.5, 0.6) is 0 Å². The van der Waals surface area contributed by atoms with Crippen molar-refractivity contribution >= 4 is 31.7 Å². The van der Waals surface area contributed by atoms with E-state index < -0.39 is 10.1 Å². The van der Waals surface area contributed by atoms with Gasteiger partial charge in [-0.3, -0.25) is 4.55 Å². The van der Waals surface area contributed by atoms with E-state index in [-0.39, 0.29) is 64.5 Å². The van der Waals surface area contributed by atoms with Gasteiger partial charge >= 0.3 is 58.2 Å². The van der Waals surface area contributed by atoms with Crippen LogP contribution in [0, 0.1) is 0 Å². The van der Waals surface area contributed by atoms with E-state index >= 15 is 0 Å². The second-order valence-electron chi connectivity index (χ2n) is 4.11. The summed E-state index contributed by atoms with van der Waals surface area (Å²) in [6.45, 7) is 0. The summed E-state index contributed by atoms with van der Waals surface area (Å²) < 4.78 is 31.9. The molecule has 0 heterocycles. The van der Waals surface area contributed by atoms with Crippen LogP contribution >= 0.6 is 0 Å². The van der Waals surface area contributed by atoms with Gasteiger partial charge in [0.25, 0.3) is 10.1 Å². The zero-order valence-electron chi connectivity index (χ0n) is 11.4. The van der Waals surface area contributed by atoms with E-state index in [1.54, 1.807) is 12.1 Å². The molecule has 1 N–H and O–H groups in total. The SMILES string of the molecule is O=S(=O)(O)c1cccc2c1ccc1ccccc12.[H-].[Rb+]. The number of benzene rings is 3. The molecule has 0 unspecified atom stereocenters. The summed E-state index contributed by atoms with van der Waals surface area (Å²) in [4.78, 5) is -0.0502. The van der Waals surface area contributed by atoms with Crippen molar-refractivity contribution in [2.24, 2.45) is 0 Å². The summed E-state index contributed by atoms with van der Waals surface area (Å²) in [5.74, 6) is 0. The van der Waals surface area contributed by atoms with Crippen molar-refractivity contribution in [3.05, 3.63) is 54.6 Å². The maximum absolute atomic E-state index is 11.3. The van der Waals surface area contributed by atoms with Gasteiger partial charge in [-0.15, -0.1) is 0 Å². The molecule has 0 amide bonds. The minimum Gasteiger partial charge on any atom is -1.00 e. The van der Waals surface area contributed by atoms with E-state index in [4.69, 9.17) is 0 Å². The topological polar surface area (TPSA) is 54.4 Å². The number of fused-ring (bicyclic) bond motifs is 3. The van der Waals surface area contributed by atoms with E-state index in [2.05, 4.69) is 0 Å². The van der Waals surface area contributed by atoms with Gasteiger partial charge in [-0.1, -0.05) is 48.5 Å². The second-order valence-corrected chi connectivity index (χ2v) is 5.50. The largest absolute Gasteiger partial charge is 1.00 e. The first-order valence-electron chi connectivity index (χ1n) is 5.45. The van der Waals surface area contributed by atoms with Gasteiger partial charge in [-0.05, 0) is 22.2 Å². The molecule has 3 aromatic carbocycles. The Labute approximate surface area is 161 Å². The minimum absolute atomic E-state index is 0. The van der Waals surface area contributed by atoms with Crippen LogP contribution in [0.1, 0.15) is 1.43 Å². The minimum atomic E-state index is -4.20. The smallest absolute Gasteiger partial charge is 1.00 e. The first-order chi connectivity index (χ1) is 8.57. The summed E-state index contributed by atoms with van der Waals surface area (Å²) in [6, 6.07) is 16.2. The Morgan fingerprint density at radius 2 is 1.47 bits per heavy atom. The quantitative estimate of drug-likeness (QED) is 0.512. The van der Waals surface area contributed by atoms with Crippen LogP contribution in [0.25, 0.3) is 21.5 Å². The Kier molecular flexibility index (Phi) is 4.60. The van der Waals surface area contributed by atoms with Gasteiger partial charge < -0.3 is 1.43 Å². The Balaban J connectivity index is 0.000001000. The van der Waals surface area contributed by atoms with E-state index in [9.17, 15) is 13.0 Å². The fourth-order valence-electron chi connectivity index (χ4n) is 2.24. The third-order valence-corrected chi connectivity index (χ3v) is 3.94. The normalized spacial score (nSPS) is 11.4. The second kappa shape index (κ2) is 5.72. The molecule has 0 aromatic heterocycles. The monoisotopic (exact) mass is 344 g/mol. The third kappa shape index (κ3) is 2.84. The molecule has 0 spiro atoms. The van der Waals surface area contributed by atoms with Crippen LogP contribution in [0.2, 0.25) is 0 Å². The van der Waals surface area contributed by atoms with Crippen molar-refractivity contribution in [2.45, 2.75) is 4.90 Å². The van der Waals surface area contributed by atoms with E-state index in [1.165, 1.54) is 6.07 Å². The molecule has 92 valence electrons. The molecule has 3 aromatic rings. The Bertz CT molecular complexity index is 863. The third-order valence-electron chi connectivity index (χ3n) is 3.02. The Morgan fingerprint density at radius 1 is 0.789 bits per heavy atom. The molecule has 0 aliphatic carbocycles. The van der Waals surface area contributed by atoms with Crippen molar-refractivity contribution in [1.82, 2.24) is 0 Å². The maximum Gasteiger partial charge on any atom is 1.00 e. The van der Waals surface area contributed by atoms with Gasteiger partial charge in [-0.25, -0.2) is 0 Å². The Morgan fingerprint density at radius 3 is 2.21 bits per heavy atom. The molecule has 0 saturated heterocycles. The van der Waals surface area contributed by atoms with Crippen LogP contribution in [0.15, 0.2) is 59.5 Å². The van der Waals surface area contributed by atoms with Gasteiger partial charge in [0.05, 0.1) is 0 Å². The van der Waals surface area contributed by atoms with Crippen molar-refractivity contribution in [3.63, 3.8) is 0 Å². The standard InChI is InChI=1S/C14H10O3S.Rb.H/c15-18(16,17)14-7-3-6-12-11-5-2-1-4-10(11)8-9-13(12)14;;/h1-9H,(H,15,16,17);;/q;+1;-1. The van der Waals surface area contributed by atoms with Crippen molar-refractivity contribution in [2.75, 3.05) is 0 Å². The zero-order chi connectivity index (χ0) is 12.8. The number of rotatable bonds is 1. The van der Waals surface area contributed by atoms with Crippen LogP contribution in [-0.4, -0.2) is 13.0 Å². The molecular weight excluding hydrogens is 334 g/mol. The van der Waals surface area contributed by atoms with Crippen LogP contribution in [0.4, 0.5) is 0 Å². The summed E-state index contributed by atoms with van der Waals surface area (Å²) in [5, 5.41) is 3.37. The van der Waals surface area contributed by atoms with Crippen molar-refractivity contribution < 1.29 is 72.6 Å². The van der Waals surface area contributed by atoms with Gasteiger partial charge in [0.2, 0.25) is 0 Å². The van der Waals surface area contributed by atoms with Crippen LogP contribution < -0.4 is 58.2 Å². The fourth-order valence-corrected chi connectivity index (χ4v) is 2.94. The van der Waals surface area contributed by atoms with E-state index in [0.717, 1.165) is 16.2 Å². The Hall–Kier alpha value is -0.105. The van der Waals surface area contributed by atoms with E-state index in [0.29, 0.717) is 5.39 Å². The molecule has 0 aliphatic heterocycles. The van der Waals surface area contributed by atoms with Gasteiger partial charge in [0.1, 0.15) is 4.90 Å². The molecule has 0 aliphatic rings. The zero-order valence-corrected chi connectivity index (χ0v) is 16.1. The fraction of sp³-hybridized carbons (Fsp3) is 0. The predicted octanol–water partition coefficient (Wildman–Crippen LogP) is 0.356. The first kappa shape index (κ1) is 15.3. The van der Waals surface area contributed by atoms with Gasteiger partial charge in [0, 0.05) is 5.39 Å². The van der Waals surface area contributed by atoms with Crippen molar-refractivity contribution in [3.8, 4) is 0 Å². The molecule has 5 heteroatoms. The first-order valence-corrected chi connectivity index (χ1v) is 6.89. The average molecular weight is 345 g/mol. The van der Waals surface area contributed by atoms with Gasteiger partial charge in [-0.2, -0.15) is 8.42 Å². The molecule has 0 atom stereocenters. The summed E-state index contributed by atoms with van der Waals surface area (Å²) >= 11 is 0.